The first-order valence-corrected chi connectivity index (χ1v) is 5.16. The van der Waals surface area contributed by atoms with Gasteiger partial charge in [-0.25, -0.2) is 0 Å². The molecule has 0 N–H and O–H groups in total. The molecule has 0 atom stereocenters. The molecule has 0 amide bonds. The SMILES string of the molecule is N#CC(C#N)(CCF)Cc1ccc(Cl)cc1. The van der Waals surface area contributed by atoms with E-state index in [4.69, 9.17) is 22.1 Å². The van der Waals surface area contributed by atoms with Crippen molar-refractivity contribution in [2.45, 2.75) is 12.8 Å². The van der Waals surface area contributed by atoms with Gasteiger partial charge in [0.25, 0.3) is 0 Å². The summed E-state index contributed by atoms with van der Waals surface area (Å²) in [6, 6.07) is 10.6. The second kappa shape index (κ2) is 5.49. The average Bonchev–Trinajstić information content (AvgIpc) is 2.31. The van der Waals surface area contributed by atoms with Crippen molar-refractivity contribution in [1.82, 2.24) is 0 Å². The second-order valence-corrected chi connectivity index (χ2v) is 3.98. The topological polar surface area (TPSA) is 47.6 Å². The zero-order chi connectivity index (χ0) is 12.0. The van der Waals surface area contributed by atoms with E-state index in [0.29, 0.717) is 5.02 Å². The normalized spacial score (nSPS) is 10.5. The number of hydrogen-bond donors (Lipinski definition) is 0. The summed E-state index contributed by atoms with van der Waals surface area (Å²) in [7, 11) is 0. The predicted octanol–water partition coefficient (Wildman–Crippen LogP) is 3.28. The average molecular weight is 237 g/mol. The second-order valence-electron chi connectivity index (χ2n) is 3.55. The molecule has 0 radical (unpaired) electrons. The molecule has 1 rings (SSSR count). The Labute approximate surface area is 98.9 Å². The van der Waals surface area contributed by atoms with Gasteiger partial charge in [0.1, 0.15) is 5.41 Å². The number of nitriles is 2. The van der Waals surface area contributed by atoms with E-state index in [2.05, 4.69) is 0 Å². The van der Waals surface area contributed by atoms with Crippen LogP contribution in [0.2, 0.25) is 5.02 Å². The lowest BCUT2D eigenvalue weighted by molar-refractivity contribution is 0.374. The van der Waals surface area contributed by atoms with Gasteiger partial charge in [-0.15, -0.1) is 0 Å². The van der Waals surface area contributed by atoms with Gasteiger partial charge in [-0.1, -0.05) is 23.7 Å². The Morgan fingerprint density at radius 1 is 1.19 bits per heavy atom. The molecule has 0 unspecified atom stereocenters. The molecule has 0 fully saturated rings. The Bertz CT molecular complexity index is 414. The van der Waals surface area contributed by atoms with Gasteiger partial charge in [-0.3, -0.25) is 4.39 Å². The summed E-state index contributed by atoms with van der Waals surface area (Å²) in [5, 5.41) is 18.5. The quantitative estimate of drug-likeness (QED) is 0.806. The molecule has 2 nitrogen and oxygen atoms in total. The number of benzene rings is 1. The number of nitrogens with zero attached hydrogens (tertiary/aromatic N) is 2. The summed E-state index contributed by atoms with van der Waals surface area (Å²) in [5.74, 6) is 0. The number of rotatable bonds is 4. The Morgan fingerprint density at radius 2 is 1.75 bits per heavy atom. The predicted molar refractivity (Wildman–Crippen MR) is 59.4 cm³/mol. The van der Waals surface area contributed by atoms with E-state index in [0.717, 1.165) is 5.56 Å². The highest BCUT2D eigenvalue weighted by molar-refractivity contribution is 6.30. The lowest BCUT2D eigenvalue weighted by atomic mass is 9.82. The molecule has 0 aliphatic rings. The molecule has 1 aromatic carbocycles. The van der Waals surface area contributed by atoms with Crippen LogP contribution < -0.4 is 0 Å². The first kappa shape index (κ1) is 12.5. The van der Waals surface area contributed by atoms with Crippen LogP contribution >= 0.6 is 11.6 Å². The first-order chi connectivity index (χ1) is 7.65. The Balaban J connectivity index is 2.89. The van der Waals surface area contributed by atoms with E-state index in [1.807, 2.05) is 12.1 Å². The van der Waals surface area contributed by atoms with E-state index >= 15 is 0 Å². The van der Waals surface area contributed by atoms with Gasteiger partial charge in [0.2, 0.25) is 0 Å². The van der Waals surface area contributed by atoms with Gasteiger partial charge in [-0.2, -0.15) is 10.5 Å². The van der Waals surface area contributed by atoms with E-state index in [1.54, 1.807) is 24.3 Å². The fraction of sp³-hybridized carbons (Fsp3) is 0.333. The smallest absolute Gasteiger partial charge is 0.150 e. The van der Waals surface area contributed by atoms with Crippen LogP contribution in [0.4, 0.5) is 4.39 Å². The van der Waals surface area contributed by atoms with Crippen molar-refractivity contribution in [2.75, 3.05) is 6.67 Å². The van der Waals surface area contributed by atoms with E-state index in [-0.39, 0.29) is 12.8 Å². The minimum Gasteiger partial charge on any atom is -0.251 e. The molecular formula is C12H10ClFN2. The van der Waals surface area contributed by atoms with Gasteiger partial charge >= 0.3 is 0 Å². The summed E-state index contributed by atoms with van der Waals surface area (Å²) in [5.41, 5.74) is -0.469. The molecule has 4 heteroatoms. The Morgan fingerprint density at radius 3 is 2.19 bits per heavy atom. The molecule has 0 saturated carbocycles. The summed E-state index contributed by atoms with van der Waals surface area (Å²) in [6.45, 7) is -0.672. The third kappa shape index (κ3) is 2.95. The largest absolute Gasteiger partial charge is 0.251 e. The Kier molecular flexibility index (Phi) is 4.28. The van der Waals surface area contributed by atoms with E-state index < -0.39 is 12.1 Å². The fourth-order valence-corrected chi connectivity index (χ4v) is 1.54. The molecule has 0 aromatic heterocycles. The standard InChI is InChI=1S/C12H10ClFN2/c13-11-3-1-10(2-4-11)7-12(8-15,9-16)5-6-14/h1-4H,5-7H2. The van der Waals surface area contributed by atoms with Gasteiger partial charge in [0.05, 0.1) is 18.8 Å². The van der Waals surface area contributed by atoms with Crippen molar-refractivity contribution < 1.29 is 4.39 Å². The maximum Gasteiger partial charge on any atom is 0.150 e. The van der Waals surface area contributed by atoms with Gasteiger partial charge in [-0.05, 0) is 17.7 Å². The van der Waals surface area contributed by atoms with E-state index in [1.165, 1.54) is 0 Å². The van der Waals surface area contributed by atoms with Crippen LogP contribution in [0.1, 0.15) is 12.0 Å². The third-order valence-electron chi connectivity index (χ3n) is 2.37. The molecule has 0 bridgehead atoms. The minimum absolute atomic E-state index is 0.0668. The van der Waals surface area contributed by atoms with Crippen LogP contribution in [0.15, 0.2) is 24.3 Å². The monoisotopic (exact) mass is 236 g/mol. The lowest BCUT2D eigenvalue weighted by Gasteiger charge is -2.16. The fourth-order valence-electron chi connectivity index (χ4n) is 1.42. The molecule has 0 spiro atoms. The molecule has 82 valence electrons. The van der Waals surface area contributed by atoms with Gasteiger partial charge < -0.3 is 0 Å². The maximum absolute atomic E-state index is 12.3. The molecule has 16 heavy (non-hydrogen) atoms. The van der Waals surface area contributed by atoms with Crippen LogP contribution in [-0.2, 0) is 6.42 Å². The zero-order valence-electron chi connectivity index (χ0n) is 8.58. The van der Waals surface area contributed by atoms with Gasteiger partial charge in [0, 0.05) is 17.9 Å². The van der Waals surface area contributed by atoms with Crippen LogP contribution in [0.5, 0.6) is 0 Å². The van der Waals surface area contributed by atoms with Crippen LogP contribution in [0.3, 0.4) is 0 Å². The van der Waals surface area contributed by atoms with Crippen molar-refractivity contribution in [3.8, 4) is 12.1 Å². The molecule has 0 saturated heterocycles. The zero-order valence-corrected chi connectivity index (χ0v) is 9.34. The molecule has 0 aliphatic heterocycles. The third-order valence-corrected chi connectivity index (χ3v) is 2.62. The van der Waals surface area contributed by atoms with Crippen molar-refractivity contribution in [3.63, 3.8) is 0 Å². The van der Waals surface area contributed by atoms with Crippen molar-refractivity contribution in [2.24, 2.45) is 5.41 Å². The van der Waals surface area contributed by atoms with E-state index in [9.17, 15) is 4.39 Å². The number of alkyl halides is 1. The molecule has 1 aromatic rings. The van der Waals surface area contributed by atoms with Gasteiger partial charge in [0.15, 0.2) is 0 Å². The molecule has 0 aliphatic carbocycles. The summed E-state index contributed by atoms with van der Waals surface area (Å²) in [6.07, 6.45) is 0.156. The summed E-state index contributed by atoms with van der Waals surface area (Å²) < 4.78 is 12.3. The Hall–Kier alpha value is -1.58. The van der Waals surface area contributed by atoms with Crippen molar-refractivity contribution >= 4 is 11.6 Å². The molecular weight excluding hydrogens is 227 g/mol. The minimum atomic E-state index is -1.28. The van der Waals surface area contributed by atoms with Crippen molar-refractivity contribution in [1.29, 1.82) is 10.5 Å². The van der Waals surface area contributed by atoms with Crippen molar-refractivity contribution in [3.05, 3.63) is 34.9 Å². The maximum atomic E-state index is 12.3. The summed E-state index contributed by atoms with van der Waals surface area (Å²) in [4.78, 5) is 0. The van der Waals surface area contributed by atoms with Crippen LogP contribution in [-0.4, -0.2) is 6.67 Å². The lowest BCUT2D eigenvalue weighted by Crippen LogP contribution is -2.20. The highest BCUT2D eigenvalue weighted by Gasteiger charge is 2.30. The highest BCUT2D eigenvalue weighted by Crippen LogP contribution is 2.26. The summed E-state index contributed by atoms with van der Waals surface area (Å²) >= 11 is 5.72. The highest BCUT2D eigenvalue weighted by atomic mass is 35.5. The number of halogens is 2. The first-order valence-electron chi connectivity index (χ1n) is 4.79. The molecule has 0 heterocycles. The van der Waals surface area contributed by atoms with Crippen LogP contribution in [0, 0.1) is 28.1 Å². The van der Waals surface area contributed by atoms with Crippen LogP contribution in [0.25, 0.3) is 0 Å². The number of hydrogen-bond acceptors (Lipinski definition) is 2.